The second kappa shape index (κ2) is 6.26. The third kappa shape index (κ3) is 3.92. The van der Waals surface area contributed by atoms with E-state index in [2.05, 4.69) is 16.0 Å². The number of nitrogens with one attached hydrogen (secondary N) is 3. The van der Waals surface area contributed by atoms with Crippen molar-refractivity contribution in [3.8, 4) is 0 Å². The van der Waals surface area contributed by atoms with Crippen LogP contribution in [0, 0.1) is 6.92 Å². The van der Waals surface area contributed by atoms with E-state index in [1.807, 2.05) is 19.1 Å². The van der Waals surface area contributed by atoms with E-state index in [9.17, 15) is 9.59 Å². The third-order valence-corrected chi connectivity index (χ3v) is 2.68. The van der Waals surface area contributed by atoms with Gasteiger partial charge in [-0.2, -0.15) is 0 Å². The minimum atomic E-state index is -0.568. The lowest BCUT2D eigenvalue weighted by Gasteiger charge is -2.16. The number of urea groups is 1. The molecule has 0 heterocycles. The Balaban J connectivity index is 2.69. The molecule has 0 aliphatic carbocycles. The predicted molar refractivity (Wildman–Crippen MR) is 71.9 cm³/mol. The van der Waals surface area contributed by atoms with Gasteiger partial charge in [0, 0.05) is 7.05 Å². The summed E-state index contributed by atoms with van der Waals surface area (Å²) in [7, 11) is 1.44. The molecule has 0 bridgehead atoms. The maximum Gasteiger partial charge on any atom is 0.321 e. The molecule has 0 fully saturated rings. The number of carbonyl (C=O) groups excluding carboxylic acids is 2. The first kappa shape index (κ1) is 14.3. The molecule has 1 atom stereocenters. The minimum absolute atomic E-state index is 0.424. The highest BCUT2D eigenvalue weighted by atomic mass is 35.5. The molecule has 3 N–H and O–H groups in total. The molecule has 0 aliphatic heterocycles. The van der Waals surface area contributed by atoms with Crippen LogP contribution in [0.15, 0.2) is 18.2 Å². The lowest BCUT2D eigenvalue weighted by atomic mass is 10.2. The molecule has 6 heteroatoms. The Morgan fingerprint density at radius 3 is 2.61 bits per heavy atom. The summed E-state index contributed by atoms with van der Waals surface area (Å²) in [6.07, 6.45) is 0. The SMILES string of the molecule is CNC(=O)NC(=O)C(C)Nc1cc(C)ccc1Cl. The average molecular weight is 270 g/mol. The van der Waals surface area contributed by atoms with Crippen molar-refractivity contribution in [1.82, 2.24) is 10.6 Å². The zero-order valence-electron chi connectivity index (χ0n) is 10.5. The quantitative estimate of drug-likeness (QED) is 0.785. The summed E-state index contributed by atoms with van der Waals surface area (Å²) < 4.78 is 0. The molecule has 0 saturated heterocycles. The molecule has 0 saturated carbocycles. The van der Waals surface area contributed by atoms with Crippen LogP contribution in [-0.2, 0) is 4.79 Å². The summed E-state index contributed by atoms with van der Waals surface area (Å²) in [6.45, 7) is 3.58. The molecule has 1 rings (SSSR count). The van der Waals surface area contributed by atoms with Gasteiger partial charge in [-0.15, -0.1) is 0 Å². The van der Waals surface area contributed by atoms with E-state index in [-0.39, 0.29) is 0 Å². The van der Waals surface area contributed by atoms with Crippen molar-refractivity contribution in [2.75, 3.05) is 12.4 Å². The van der Waals surface area contributed by atoms with Crippen LogP contribution in [0.2, 0.25) is 5.02 Å². The molecule has 0 radical (unpaired) electrons. The van der Waals surface area contributed by atoms with Crippen LogP contribution in [0.4, 0.5) is 10.5 Å². The van der Waals surface area contributed by atoms with E-state index in [0.717, 1.165) is 5.56 Å². The Bertz CT molecular complexity index is 463. The van der Waals surface area contributed by atoms with Gasteiger partial charge in [0.15, 0.2) is 0 Å². The van der Waals surface area contributed by atoms with Crippen molar-refractivity contribution in [3.63, 3.8) is 0 Å². The number of carbonyl (C=O) groups is 2. The number of halogens is 1. The molecule has 0 aliphatic rings. The first-order chi connectivity index (χ1) is 8.43. The fourth-order valence-corrected chi connectivity index (χ4v) is 1.50. The highest BCUT2D eigenvalue weighted by Gasteiger charge is 2.15. The second-order valence-corrected chi connectivity index (χ2v) is 4.32. The average Bonchev–Trinajstić information content (AvgIpc) is 2.33. The number of rotatable bonds is 3. The van der Waals surface area contributed by atoms with Gasteiger partial charge in [-0.3, -0.25) is 10.1 Å². The van der Waals surface area contributed by atoms with Crippen LogP contribution in [0.3, 0.4) is 0 Å². The third-order valence-electron chi connectivity index (χ3n) is 2.35. The Kier molecular flexibility index (Phi) is 4.97. The molecule has 98 valence electrons. The van der Waals surface area contributed by atoms with Crippen LogP contribution in [0.25, 0.3) is 0 Å². The summed E-state index contributed by atoms with van der Waals surface area (Å²) in [6, 6.07) is 4.36. The monoisotopic (exact) mass is 269 g/mol. The van der Waals surface area contributed by atoms with Gasteiger partial charge in [0.05, 0.1) is 10.7 Å². The summed E-state index contributed by atoms with van der Waals surface area (Å²) in [5.41, 5.74) is 1.69. The molecular formula is C12H16ClN3O2. The van der Waals surface area contributed by atoms with Crippen LogP contribution in [0.5, 0.6) is 0 Å². The zero-order valence-corrected chi connectivity index (χ0v) is 11.3. The second-order valence-electron chi connectivity index (χ2n) is 3.92. The van der Waals surface area contributed by atoms with Gasteiger partial charge in [0.2, 0.25) is 5.91 Å². The van der Waals surface area contributed by atoms with Gasteiger partial charge >= 0.3 is 6.03 Å². The van der Waals surface area contributed by atoms with E-state index < -0.39 is 18.0 Å². The van der Waals surface area contributed by atoms with Gasteiger partial charge in [-0.05, 0) is 31.5 Å². The molecule has 3 amide bonds. The van der Waals surface area contributed by atoms with Crippen LogP contribution < -0.4 is 16.0 Å². The number of aryl methyl sites for hydroxylation is 1. The van der Waals surface area contributed by atoms with E-state index in [1.165, 1.54) is 7.05 Å². The van der Waals surface area contributed by atoms with Crippen molar-refractivity contribution in [2.45, 2.75) is 19.9 Å². The van der Waals surface area contributed by atoms with E-state index >= 15 is 0 Å². The maximum atomic E-state index is 11.6. The zero-order chi connectivity index (χ0) is 13.7. The van der Waals surface area contributed by atoms with E-state index in [0.29, 0.717) is 10.7 Å². The van der Waals surface area contributed by atoms with Gasteiger partial charge < -0.3 is 10.6 Å². The molecule has 18 heavy (non-hydrogen) atoms. The Morgan fingerprint density at radius 2 is 2.00 bits per heavy atom. The number of anilines is 1. The summed E-state index contributed by atoms with van der Waals surface area (Å²) in [5.74, 6) is -0.424. The topological polar surface area (TPSA) is 70.2 Å². The lowest BCUT2D eigenvalue weighted by molar-refractivity contribution is -0.120. The standard InChI is InChI=1S/C12H16ClN3O2/c1-7-4-5-9(13)10(6-7)15-8(2)11(17)16-12(18)14-3/h4-6,8,15H,1-3H3,(H2,14,16,17,18). The van der Waals surface area contributed by atoms with E-state index in [1.54, 1.807) is 13.0 Å². The number of benzene rings is 1. The molecule has 1 aromatic carbocycles. The first-order valence-corrected chi connectivity index (χ1v) is 5.87. The van der Waals surface area contributed by atoms with Crippen LogP contribution in [0.1, 0.15) is 12.5 Å². The Morgan fingerprint density at radius 1 is 1.33 bits per heavy atom. The van der Waals surface area contributed by atoms with Crippen molar-refractivity contribution in [1.29, 1.82) is 0 Å². The molecular weight excluding hydrogens is 254 g/mol. The molecule has 1 aromatic rings. The maximum absolute atomic E-state index is 11.6. The van der Waals surface area contributed by atoms with Crippen LogP contribution >= 0.6 is 11.6 Å². The fourth-order valence-electron chi connectivity index (χ4n) is 1.33. The lowest BCUT2D eigenvalue weighted by Crippen LogP contribution is -2.44. The normalized spacial score (nSPS) is 11.6. The number of hydrogen-bond donors (Lipinski definition) is 3. The van der Waals surface area contributed by atoms with Gasteiger partial charge in [0.25, 0.3) is 0 Å². The van der Waals surface area contributed by atoms with Crippen molar-refractivity contribution in [2.24, 2.45) is 0 Å². The van der Waals surface area contributed by atoms with Gasteiger partial charge in [-0.25, -0.2) is 4.79 Å². The van der Waals surface area contributed by atoms with Crippen LogP contribution in [-0.4, -0.2) is 25.0 Å². The molecule has 1 unspecified atom stereocenters. The highest BCUT2D eigenvalue weighted by molar-refractivity contribution is 6.33. The largest absolute Gasteiger partial charge is 0.373 e. The van der Waals surface area contributed by atoms with Gasteiger partial charge in [-0.1, -0.05) is 17.7 Å². The predicted octanol–water partition coefficient (Wildman–Crippen LogP) is 1.90. The highest BCUT2D eigenvalue weighted by Crippen LogP contribution is 2.23. The summed E-state index contributed by atoms with van der Waals surface area (Å²) >= 11 is 6.00. The fraction of sp³-hybridized carbons (Fsp3) is 0.333. The molecule has 0 spiro atoms. The molecule has 5 nitrogen and oxygen atoms in total. The Labute approximate surface area is 111 Å². The summed E-state index contributed by atoms with van der Waals surface area (Å²) in [5, 5.41) is 7.98. The number of hydrogen-bond acceptors (Lipinski definition) is 3. The van der Waals surface area contributed by atoms with Crippen molar-refractivity contribution in [3.05, 3.63) is 28.8 Å². The van der Waals surface area contributed by atoms with Crippen molar-refractivity contribution < 1.29 is 9.59 Å². The van der Waals surface area contributed by atoms with Gasteiger partial charge in [0.1, 0.15) is 6.04 Å². The number of amides is 3. The van der Waals surface area contributed by atoms with E-state index in [4.69, 9.17) is 11.6 Å². The minimum Gasteiger partial charge on any atom is -0.373 e. The smallest absolute Gasteiger partial charge is 0.321 e. The number of imide groups is 1. The molecule has 0 aromatic heterocycles. The Hall–Kier alpha value is -1.75. The first-order valence-electron chi connectivity index (χ1n) is 5.49. The van der Waals surface area contributed by atoms with Crippen molar-refractivity contribution >= 4 is 29.2 Å². The summed E-state index contributed by atoms with van der Waals surface area (Å²) in [4.78, 5) is 22.6.